The summed E-state index contributed by atoms with van der Waals surface area (Å²) < 4.78 is 13.6. The maximum atomic E-state index is 13.6. The average molecular weight is 258 g/mol. The van der Waals surface area contributed by atoms with Crippen LogP contribution in [0.15, 0.2) is 6.20 Å². The molecule has 0 unspecified atom stereocenters. The van der Waals surface area contributed by atoms with Gasteiger partial charge >= 0.3 is 0 Å². The quantitative estimate of drug-likeness (QED) is 0.778. The van der Waals surface area contributed by atoms with Gasteiger partial charge in [-0.05, 0) is 30.4 Å². The molecule has 2 heterocycles. The molecule has 1 aromatic rings. The Labute approximate surface area is 106 Å². The van der Waals surface area contributed by atoms with Crippen LogP contribution in [0.5, 0.6) is 0 Å². The highest BCUT2D eigenvalue weighted by Crippen LogP contribution is 2.26. The van der Waals surface area contributed by atoms with E-state index in [-0.39, 0.29) is 11.1 Å². The highest BCUT2D eigenvalue weighted by molar-refractivity contribution is 6.28. The summed E-state index contributed by atoms with van der Waals surface area (Å²) in [6, 6.07) is 0. The van der Waals surface area contributed by atoms with E-state index in [2.05, 4.69) is 16.9 Å². The number of hydrogen-bond donors (Lipinski definition) is 0. The molecule has 1 aliphatic heterocycles. The lowest BCUT2D eigenvalue weighted by Gasteiger charge is -2.32. The van der Waals surface area contributed by atoms with Crippen molar-refractivity contribution in [1.29, 1.82) is 0 Å². The molecule has 5 heteroatoms. The standard InChI is InChI=1S/C12H17ClFN3/c1-2-3-9-4-6-17(7-5-9)11-10(14)8-15-12(13)16-11/h8-9H,2-7H2,1H3. The van der Waals surface area contributed by atoms with Crippen LogP contribution < -0.4 is 4.90 Å². The Bertz CT molecular complexity index is 378. The topological polar surface area (TPSA) is 29.0 Å². The number of aromatic nitrogens is 2. The molecule has 0 radical (unpaired) electrons. The van der Waals surface area contributed by atoms with Crippen LogP contribution in [0.3, 0.4) is 0 Å². The first-order valence-electron chi connectivity index (χ1n) is 6.13. The summed E-state index contributed by atoms with van der Waals surface area (Å²) in [6.07, 6.45) is 5.84. The van der Waals surface area contributed by atoms with Gasteiger partial charge in [0.2, 0.25) is 5.28 Å². The SMILES string of the molecule is CCCC1CCN(c2nc(Cl)ncc2F)CC1. The van der Waals surface area contributed by atoms with Crippen molar-refractivity contribution in [3.63, 3.8) is 0 Å². The summed E-state index contributed by atoms with van der Waals surface area (Å²) in [5.41, 5.74) is 0. The van der Waals surface area contributed by atoms with Gasteiger partial charge in [-0.25, -0.2) is 9.37 Å². The lowest BCUT2D eigenvalue weighted by atomic mass is 9.92. The molecule has 0 aliphatic carbocycles. The minimum atomic E-state index is -0.386. The number of piperidine rings is 1. The van der Waals surface area contributed by atoms with Gasteiger partial charge in [0.15, 0.2) is 11.6 Å². The summed E-state index contributed by atoms with van der Waals surface area (Å²) in [5, 5.41) is 0.108. The molecule has 1 aromatic heterocycles. The summed E-state index contributed by atoms with van der Waals surface area (Å²) >= 11 is 5.70. The monoisotopic (exact) mass is 257 g/mol. The van der Waals surface area contributed by atoms with Gasteiger partial charge in [-0.15, -0.1) is 0 Å². The van der Waals surface area contributed by atoms with Crippen molar-refractivity contribution >= 4 is 17.4 Å². The van der Waals surface area contributed by atoms with Crippen molar-refractivity contribution in [2.24, 2.45) is 5.92 Å². The third kappa shape index (κ3) is 3.06. The second kappa shape index (κ2) is 5.63. The molecule has 0 N–H and O–H groups in total. The molecule has 0 amide bonds. The molecule has 3 nitrogen and oxygen atoms in total. The Morgan fingerprint density at radius 1 is 1.47 bits per heavy atom. The zero-order chi connectivity index (χ0) is 12.3. The molecule has 17 heavy (non-hydrogen) atoms. The summed E-state index contributed by atoms with van der Waals surface area (Å²) in [4.78, 5) is 9.57. The molecule has 0 bridgehead atoms. The lowest BCUT2D eigenvalue weighted by Crippen LogP contribution is -2.34. The van der Waals surface area contributed by atoms with Gasteiger partial charge in [-0.1, -0.05) is 19.8 Å². The van der Waals surface area contributed by atoms with Crippen LogP contribution >= 0.6 is 11.6 Å². The fourth-order valence-electron chi connectivity index (χ4n) is 2.40. The second-order valence-electron chi connectivity index (χ2n) is 4.53. The van der Waals surface area contributed by atoms with Crippen molar-refractivity contribution in [3.8, 4) is 0 Å². The average Bonchev–Trinajstić information content (AvgIpc) is 2.34. The van der Waals surface area contributed by atoms with E-state index in [1.165, 1.54) is 12.8 Å². The van der Waals surface area contributed by atoms with Gasteiger partial charge in [-0.3, -0.25) is 0 Å². The molecule has 0 atom stereocenters. The van der Waals surface area contributed by atoms with Crippen molar-refractivity contribution in [3.05, 3.63) is 17.3 Å². The van der Waals surface area contributed by atoms with Gasteiger partial charge in [0.05, 0.1) is 6.20 Å². The normalized spacial score (nSPS) is 17.5. The van der Waals surface area contributed by atoms with Crippen LogP contribution in [0, 0.1) is 11.7 Å². The third-order valence-electron chi connectivity index (χ3n) is 3.31. The molecule has 1 aliphatic rings. The molecular weight excluding hydrogens is 241 g/mol. The Kier molecular flexibility index (Phi) is 4.15. The zero-order valence-electron chi connectivity index (χ0n) is 9.99. The lowest BCUT2D eigenvalue weighted by molar-refractivity contribution is 0.375. The Morgan fingerprint density at radius 3 is 2.82 bits per heavy atom. The first kappa shape index (κ1) is 12.6. The first-order valence-corrected chi connectivity index (χ1v) is 6.51. The molecular formula is C12H17ClFN3. The smallest absolute Gasteiger partial charge is 0.224 e. The van der Waals surface area contributed by atoms with Crippen LogP contribution in [-0.4, -0.2) is 23.1 Å². The number of nitrogens with zero attached hydrogens (tertiary/aromatic N) is 3. The summed E-state index contributed by atoms with van der Waals surface area (Å²) in [5.74, 6) is 0.736. The van der Waals surface area contributed by atoms with E-state index in [0.717, 1.165) is 38.0 Å². The van der Waals surface area contributed by atoms with Crippen molar-refractivity contribution < 1.29 is 4.39 Å². The van der Waals surface area contributed by atoms with E-state index >= 15 is 0 Å². The maximum absolute atomic E-state index is 13.6. The number of anilines is 1. The first-order chi connectivity index (χ1) is 8.20. The van der Waals surface area contributed by atoms with Gasteiger partial charge in [0.1, 0.15) is 0 Å². The Balaban J connectivity index is 2.02. The fraction of sp³-hybridized carbons (Fsp3) is 0.667. The van der Waals surface area contributed by atoms with Crippen molar-refractivity contribution in [1.82, 2.24) is 9.97 Å². The highest BCUT2D eigenvalue weighted by Gasteiger charge is 2.22. The summed E-state index contributed by atoms with van der Waals surface area (Å²) in [6.45, 7) is 3.92. The molecule has 0 aromatic carbocycles. The van der Waals surface area contributed by atoms with Crippen LogP contribution in [0.2, 0.25) is 5.28 Å². The van der Waals surface area contributed by atoms with Crippen molar-refractivity contribution in [2.45, 2.75) is 32.6 Å². The van der Waals surface area contributed by atoms with E-state index < -0.39 is 0 Å². The van der Waals surface area contributed by atoms with Crippen molar-refractivity contribution in [2.75, 3.05) is 18.0 Å². The Hall–Kier alpha value is -0.900. The van der Waals surface area contributed by atoms with Crippen LogP contribution in [0.25, 0.3) is 0 Å². The second-order valence-corrected chi connectivity index (χ2v) is 4.87. The molecule has 94 valence electrons. The van der Waals surface area contributed by atoms with Gasteiger partial charge in [-0.2, -0.15) is 4.98 Å². The van der Waals surface area contributed by atoms with Crippen LogP contribution in [0.4, 0.5) is 10.2 Å². The molecule has 0 spiro atoms. The maximum Gasteiger partial charge on any atom is 0.224 e. The van der Waals surface area contributed by atoms with Crippen LogP contribution in [0.1, 0.15) is 32.6 Å². The summed E-state index contributed by atoms with van der Waals surface area (Å²) in [7, 11) is 0. The molecule has 2 rings (SSSR count). The minimum absolute atomic E-state index is 0.108. The van der Waals surface area contributed by atoms with E-state index in [1.807, 2.05) is 4.90 Å². The predicted octanol–water partition coefficient (Wildman–Crippen LogP) is 3.29. The molecule has 0 saturated carbocycles. The molecule has 1 saturated heterocycles. The van der Waals surface area contributed by atoms with E-state index in [1.54, 1.807) is 0 Å². The third-order valence-corrected chi connectivity index (χ3v) is 3.49. The minimum Gasteiger partial charge on any atom is -0.354 e. The predicted molar refractivity (Wildman–Crippen MR) is 66.8 cm³/mol. The van der Waals surface area contributed by atoms with E-state index in [0.29, 0.717) is 5.82 Å². The van der Waals surface area contributed by atoms with Gasteiger partial charge in [0, 0.05) is 13.1 Å². The fourth-order valence-corrected chi connectivity index (χ4v) is 2.53. The largest absolute Gasteiger partial charge is 0.354 e. The van der Waals surface area contributed by atoms with E-state index in [4.69, 9.17) is 11.6 Å². The van der Waals surface area contributed by atoms with E-state index in [9.17, 15) is 4.39 Å². The zero-order valence-corrected chi connectivity index (χ0v) is 10.8. The highest BCUT2D eigenvalue weighted by atomic mass is 35.5. The van der Waals surface area contributed by atoms with Gasteiger partial charge in [0.25, 0.3) is 0 Å². The number of rotatable bonds is 3. The molecule has 1 fully saturated rings. The van der Waals surface area contributed by atoms with Gasteiger partial charge < -0.3 is 4.90 Å². The number of halogens is 2. The van der Waals surface area contributed by atoms with Crippen LogP contribution in [-0.2, 0) is 0 Å². The Morgan fingerprint density at radius 2 is 2.18 bits per heavy atom. The number of hydrogen-bond acceptors (Lipinski definition) is 3.